The van der Waals surface area contributed by atoms with Crippen LogP contribution in [0.5, 0.6) is 0 Å². The molecule has 1 heterocycles. The van der Waals surface area contributed by atoms with Gasteiger partial charge in [0, 0.05) is 0 Å². The lowest BCUT2D eigenvalue weighted by Gasteiger charge is -1.88. The van der Waals surface area contributed by atoms with E-state index in [1.807, 2.05) is 12.4 Å². The highest BCUT2D eigenvalue weighted by molar-refractivity contribution is 4.82. The zero-order valence-electron chi connectivity index (χ0n) is 5.23. The summed E-state index contributed by atoms with van der Waals surface area (Å²) in [7, 11) is 0. The van der Waals surface area contributed by atoms with Crippen LogP contribution in [-0.4, -0.2) is 4.98 Å². The molecular weight excluding hydrogens is 100 g/mol. The van der Waals surface area contributed by atoms with E-state index < -0.39 is 0 Å². The summed E-state index contributed by atoms with van der Waals surface area (Å²) in [6, 6.07) is 0. The van der Waals surface area contributed by atoms with Gasteiger partial charge in [-0.1, -0.05) is 13.8 Å². The summed E-state index contributed by atoms with van der Waals surface area (Å²) in [5, 5.41) is 0. The number of imidazole rings is 1. The Morgan fingerprint density at radius 3 is 2.62 bits per heavy atom. The van der Waals surface area contributed by atoms with Crippen LogP contribution in [0.3, 0.4) is 0 Å². The smallest absolute Gasteiger partial charge is 0.247 e. The lowest BCUT2D eigenvalue weighted by atomic mass is 10.2. The molecule has 2 heteroatoms. The van der Waals surface area contributed by atoms with Gasteiger partial charge < -0.3 is 0 Å². The lowest BCUT2D eigenvalue weighted by Crippen LogP contribution is -2.06. The van der Waals surface area contributed by atoms with Crippen molar-refractivity contribution in [1.29, 1.82) is 0 Å². The van der Waals surface area contributed by atoms with E-state index >= 15 is 0 Å². The molecule has 0 unspecified atom stereocenters. The molecule has 0 spiro atoms. The van der Waals surface area contributed by atoms with Gasteiger partial charge in [0.25, 0.3) is 5.82 Å². The van der Waals surface area contributed by atoms with Crippen molar-refractivity contribution < 1.29 is 4.98 Å². The third-order valence-corrected chi connectivity index (χ3v) is 1.14. The van der Waals surface area contributed by atoms with Crippen LogP contribution in [0.2, 0.25) is 0 Å². The first-order valence-electron chi connectivity index (χ1n) is 2.85. The Morgan fingerprint density at radius 1 is 1.62 bits per heavy atom. The average Bonchev–Trinajstić information content (AvgIpc) is 2.12. The molecule has 0 bridgehead atoms. The molecule has 0 aliphatic heterocycles. The largest absolute Gasteiger partial charge is 0.254 e. The Morgan fingerprint density at radius 2 is 2.38 bits per heavy atom. The normalized spacial score (nSPS) is 10.4. The van der Waals surface area contributed by atoms with E-state index in [1.54, 1.807) is 0 Å². The number of aromatic amines is 2. The van der Waals surface area contributed by atoms with Gasteiger partial charge in [0.2, 0.25) is 0 Å². The molecule has 1 aromatic rings. The zero-order valence-corrected chi connectivity index (χ0v) is 5.23. The van der Waals surface area contributed by atoms with E-state index in [1.165, 1.54) is 5.82 Å². The maximum absolute atomic E-state index is 3.08. The van der Waals surface area contributed by atoms with Crippen LogP contribution in [0.4, 0.5) is 0 Å². The molecule has 8 heavy (non-hydrogen) atoms. The van der Waals surface area contributed by atoms with Gasteiger partial charge in [0.1, 0.15) is 12.4 Å². The van der Waals surface area contributed by atoms with Crippen LogP contribution in [-0.2, 0) is 0 Å². The number of H-pyrrole nitrogens is 2. The monoisotopic (exact) mass is 111 g/mol. The second kappa shape index (κ2) is 1.99. The summed E-state index contributed by atoms with van der Waals surface area (Å²) in [6.07, 6.45) is 3.80. The van der Waals surface area contributed by atoms with Crippen molar-refractivity contribution >= 4 is 0 Å². The van der Waals surface area contributed by atoms with Gasteiger partial charge in [-0.3, -0.25) is 0 Å². The quantitative estimate of drug-likeness (QED) is 0.559. The average molecular weight is 111 g/mol. The minimum atomic E-state index is 0.574. The maximum atomic E-state index is 3.08. The fourth-order valence-electron chi connectivity index (χ4n) is 0.638. The molecule has 0 saturated heterocycles. The van der Waals surface area contributed by atoms with Gasteiger partial charge in [0.05, 0.1) is 5.92 Å². The predicted molar refractivity (Wildman–Crippen MR) is 31.4 cm³/mol. The number of rotatable bonds is 1. The molecule has 0 saturated carbocycles. The summed E-state index contributed by atoms with van der Waals surface area (Å²) in [5.74, 6) is 1.76. The van der Waals surface area contributed by atoms with Gasteiger partial charge in [-0.2, -0.15) is 0 Å². The molecule has 44 valence electrons. The minimum Gasteiger partial charge on any atom is -0.247 e. The first kappa shape index (κ1) is 5.35. The summed E-state index contributed by atoms with van der Waals surface area (Å²) in [6.45, 7) is 4.28. The van der Waals surface area contributed by atoms with Crippen LogP contribution in [0.25, 0.3) is 0 Å². The fourth-order valence-corrected chi connectivity index (χ4v) is 0.638. The van der Waals surface area contributed by atoms with Crippen molar-refractivity contribution in [3.63, 3.8) is 0 Å². The van der Waals surface area contributed by atoms with Gasteiger partial charge >= 0.3 is 0 Å². The van der Waals surface area contributed by atoms with Crippen molar-refractivity contribution in [1.82, 2.24) is 4.98 Å². The summed E-state index contributed by atoms with van der Waals surface area (Å²) >= 11 is 0. The molecule has 0 aliphatic rings. The van der Waals surface area contributed by atoms with Crippen LogP contribution in [0.1, 0.15) is 25.6 Å². The first-order valence-corrected chi connectivity index (χ1v) is 2.85. The highest BCUT2D eigenvalue weighted by Crippen LogP contribution is 2.01. The van der Waals surface area contributed by atoms with E-state index in [2.05, 4.69) is 23.8 Å². The molecule has 0 fully saturated rings. The van der Waals surface area contributed by atoms with E-state index in [-0.39, 0.29) is 0 Å². The summed E-state index contributed by atoms with van der Waals surface area (Å²) in [4.78, 5) is 6.16. The Kier molecular flexibility index (Phi) is 1.33. The van der Waals surface area contributed by atoms with E-state index in [4.69, 9.17) is 0 Å². The summed E-state index contributed by atoms with van der Waals surface area (Å²) < 4.78 is 0. The predicted octanol–water partition coefficient (Wildman–Crippen LogP) is 0.952. The third-order valence-electron chi connectivity index (χ3n) is 1.14. The molecule has 0 amide bonds. The summed E-state index contributed by atoms with van der Waals surface area (Å²) in [5.41, 5.74) is 0. The molecule has 0 aromatic carbocycles. The fraction of sp³-hybridized carbons (Fsp3) is 0.500. The number of hydrogen-bond donors (Lipinski definition) is 1. The second-order valence-electron chi connectivity index (χ2n) is 2.19. The molecule has 1 aromatic heterocycles. The van der Waals surface area contributed by atoms with Crippen molar-refractivity contribution in [2.75, 3.05) is 0 Å². The highest BCUT2D eigenvalue weighted by Gasteiger charge is 2.04. The molecule has 2 N–H and O–H groups in total. The van der Waals surface area contributed by atoms with Crippen LogP contribution in [0, 0.1) is 0 Å². The number of hydrogen-bond acceptors (Lipinski definition) is 0. The molecule has 0 atom stereocenters. The third kappa shape index (κ3) is 0.886. The van der Waals surface area contributed by atoms with Crippen LogP contribution in [0.15, 0.2) is 12.4 Å². The first-order chi connectivity index (χ1) is 3.80. The lowest BCUT2D eigenvalue weighted by molar-refractivity contribution is -0.390. The molecule has 0 aliphatic carbocycles. The topological polar surface area (TPSA) is 29.9 Å². The van der Waals surface area contributed by atoms with Gasteiger partial charge in [-0.15, -0.1) is 0 Å². The standard InChI is InChI=1S/C6H10N2/c1-5(2)6-7-3-4-8-6/h3-5H,1-2H3,(H,7,8)/p+1. The Bertz CT molecular complexity index is 142. The van der Waals surface area contributed by atoms with Crippen molar-refractivity contribution in [2.45, 2.75) is 19.8 Å². The second-order valence-corrected chi connectivity index (χ2v) is 2.19. The van der Waals surface area contributed by atoms with Crippen molar-refractivity contribution in [2.24, 2.45) is 0 Å². The van der Waals surface area contributed by atoms with E-state index in [9.17, 15) is 0 Å². The maximum Gasteiger partial charge on any atom is 0.254 e. The number of nitrogens with one attached hydrogen (secondary N) is 2. The Hall–Kier alpha value is -0.790. The van der Waals surface area contributed by atoms with Crippen molar-refractivity contribution in [3.05, 3.63) is 18.2 Å². The van der Waals surface area contributed by atoms with Gasteiger partial charge in [-0.25, -0.2) is 9.97 Å². The molecule has 0 radical (unpaired) electrons. The van der Waals surface area contributed by atoms with Gasteiger partial charge in [-0.05, 0) is 0 Å². The van der Waals surface area contributed by atoms with Crippen molar-refractivity contribution in [3.8, 4) is 0 Å². The molecule has 1 rings (SSSR count). The number of aromatic nitrogens is 2. The zero-order chi connectivity index (χ0) is 5.98. The van der Waals surface area contributed by atoms with E-state index in [0.717, 1.165) is 0 Å². The van der Waals surface area contributed by atoms with Gasteiger partial charge in [0.15, 0.2) is 0 Å². The minimum absolute atomic E-state index is 0.574. The SMILES string of the molecule is CC(C)c1[nH]cc[nH+]1. The molecule has 2 nitrogen and oxygen atoms in total. The van der Waals surface area contributed by atoms with Crippen LogP contribution < -0.4 is 4.98 Å². The van der Waals surface area contributed by atoms with E-state index in [0.29, 0.717) is 5.92 Å². The van der Waals surface area contributed by atoms with Crippen LogP contribution >= 0.6 is 0 Å². The molecular formula is C6H11N2+. The Labute approximate surface area is 49.0 Å². The Balaban J connectivity index is 2.77. The highest BCUT2D eigenvalue weighted by atomic mass is 14.9.